The van der Waals surface area contributed by atoms with Gasteiger partial charge in [-0.3, -0.25) is 4.79 Å². The highest BCUT2D eigenvalue weighted by Gasteiger charge is 2.72. The number of hydrogen-bond donors (Lipinski definition) is 9. The molecule has 0 unspecified atom stereocenters. The molecular weight excluding hydrogens is 828 g/mol. The third-order valence-corrected chi connectivity index (χ3v) is 18.2. The van der Waals surface area contributed by atoms with E-state index in [1.807, 2.05) is 6.92 Å². The van der Waals surface area contributed by atoms with Crippen molar-refractivity contribution >= 4 is 5.78 Å². The van der Waals surface area contributed by atoms with E-state index in [4.69, 9.17) is 37.9 Å². The van der Waals surface area contributed by atoms with Crippen LogP contribution in [0.3, 0.4) is 0 Å². The number of rotatable bonds is 7. The summed E-state index contributed by atoms with van der Waals surface area (Å²) in [4.78, 5) is 14.6. The Bertz CT molecular complexity index is 1660. The van der Waals surface area contributed by atoms with Crippen molar-refractivity contribution in [2.45, 2.75) is 215 Å². The summed E-state index contributed by atoms with van der Waals surface area (Å²) in [7, 11) is 0. The molecule has 0 aromatic carbocycles. The summed E-state index contributed by atoms with van der Waals surface area (Å²) in [6, 6.07) is 0. The van der Waals surface area contributed by atoms with Crippen LogP contribution in [0.5, 0.6) is 0 Å². The number of fused-ring (bicyclic) bond motifs is 7. The molecule has 0 aromatic heterocycles. The highest BCUT2D eigenvalue weighted by molar-refractivity contribution is 5.89. The molecule has 18 heteroatoms. The van der Waals surface area contributed by atoms with Gasteiger partial charge in [0.25, 0.3) is 0 Å². The minimum absolute atomic E-state index is 0.0331. The summed E-state index contributed by atoms with van der Waals surface area (Å²) in [5.74, 6) is 0.687. The molecule has 63 heavy (non-hydrogen) atoms. The van der Waals surface area contributed by atoms with Crippen molar-refractivity contribution in [2.24, 2.45) is 46.3 Å². The van der Waals surface area contributed by atoms with Gasteiger partial charge >= 0.3 is 0 Å². The second-order valence-corrected chi connectivity index (χ2v) is 21.6. The molecule has 4 saturated carbocycles. The van der Waals surface area contributed by atoms with Crippen molar-refractivity contribution in [2.75, 3.05) is 13.2 Å². The molecule has 360 valence electrons. The molecule has 5 saturated heterocycles. The fraction of sp³-hybridized carbons (Fsp3) is 0.978. The molecule has 9 fully saturated rings. The zero-order chi connectivity index (χ0) is 45.3. The van der Waals surface area contributed by atoms with Gasteiger partial charge in [0.15, 0.2) is 30.4 Å². The maximum absolute atomic E-state index is 14.6. The lowest BCUT2D eigenvalue weighted by Crippen LogP contribution is -2.68. The zero-order valence-electron chi connectivity index (χ0n) is 37.3. The van der Waals surface area contributed by atoms with Gasteiger partial charge < -0.3 is 83.9 Å². The van der Waals surface area contributed by atoms with E-state index in [9.17, 15) is 50.8 Å². The third kappa shape index (κ3) is 7.34. The van der Waals surface area contributed by atoms with E-state index in [0.717, 1.165) is 32.1 Å². The van der Waals surface area contributed by atoms with Gasteiger partial charge in [-0.1, -0.05) is 27.7 Å². The maximum atomic E-state index is 14.6. The summed E-state index contributed by atoms with van der Waals surface area (Å²) in [5, 5.41) is 98.6. The van der Waals surface area contributed by atoms with E-state index >= 15 is 0 Å². The molecule has 18 nitrogen and oxygen atoms in total. The topological polar surface area (TPSA) is 273 Å². The molecule has 0 radical (unpaired) electrons. The average molecular weight is 901 g/mol. The lowest BCUT2D eigenvalue weighted by Gasteiger charge is -2.63. The fourth-order valence-corrected chi connectivity index (χ4v) is 14.4. The van der Waals surface area contributed by atoms with Crippen LogP contribution in [-0.2, 0) is 42.7 Å². The van der Waals surface area contributed by atoms with Crippen molar-refractivity contribution in [3.05, 3.63) is 0 Å². The Labute approximate surface area is 368 Å². The summed E-state index contributed by atoms with van der Waals surface area (Å²) in [5.41, 5.74) is -2.55. The van der Waals surface area contributed by atoms with E-state index in [2.05, 4.69) is 20.8 Å². The molecule has 5 aliphatic heterocycles. The molecule has 9 N–H and O–H groups in total. The largest absolute Gasteiger partial charge is 0.394 e. The molecule has 5 heterocycles. The second-order valence-electron chi connectivity index (χ2n) is 21.6. The van der Waals surface area contributed by atoms with Crippen LogP contribution in [0, 0.1) is 46.3 Å². The third-order valence-electron chi connectivity index (χ3n) is 18.2. The van der Waals surface area contributed by atoms with Crippen LogP contribution >= 0.6 is 0 Å². The summed E-state index contributed by atoms with van der Waals surface area (Å²) in [6.45, 7) is 11.8. The summed E-state index contributed by atoms with van der Waals surface area (Å²) < 4.78 is 49.6. The Hall–Kier alpha value is -1.01. The first-order valence-corrected chi connectivity index (χ1v) is 23.6. The van der Waals surface area contributed by atoms with Gasteiger partial charge in [-0.2, -0.15) is 0 Å². The van der Waals surface area contributed by atoms with E-state index in [1.54, 1.807) is 0 Å². The number of aliphatic hydroxyl groups is 9. The number of carbonyl (C=O) groups excluding carboxylic acids is 1. The molecule has 27 atom stereocenters. The van der Waals surface area contributed by atoms with Crippen LogP contribution < -0.4 is 0 Å². The fourth-order valence-electron chi connectivity index (χ4n) is 14.4. The summed E-state index contributed by atoms with van der Waals surface area (Å²) in [6.07, 6.45) is -17.9. The van der Waals surface area contributed by atoms with Gasteiger partial charge in [0.1, 0.15) is 66.6 Å². The minimum Gasteiger partial charge on any atom is -0.394 e. The Morgan fingerprint density at radius 1 is 0.698 bits per heavy atom. The van der Waals surface area contributed by atoms with Crippen LogP contribution in [0.4, 0.5) is 0 Å². The second kappa shape index (κ2) is 16.9. The van der Waals surface area contributed by atoms with E-state index in [0.29, 0.717) is 31.3 Å². The zero-order valence-corrected chi connectivity index (χ0v) is 37.3. The normalized spacial score (nSPS) is 59.4. The van der Waals surface area contributed by atoms with Crippen molar-refractivity contribution in [1.82, 2.24) is 0 Å². The van der Waals surface area contributed by atoms with E-state index in [-0.39, 0.29) is 53.8 Å². The Kier molecular flexibility index (Phi) is 12.6. The molecule has 0 bridgehead atoms. The molecule has 9 aliphatic rings. The molecular formula is C45H72O18. The Morgan fingerprint density at radius 2 is 1.33 bits per heavy atom. The number of carbonyl (C=O) groups is 1. The first kappa shape index (κ1) is 47.1. The monoisotopic (exact) mass is 900 g/mol. The van der Waals surface area contributed by atoms with Gasteiger partial charge in [0.05, 0.1) is 37.6 Å². The van der Waals surface area contributed by atoms with Crippen LogP contribution in [0.15, 0.2) is 0 Å². The maximum Gasteiger partial charge on any atom is 0.187 e. The highest BCUT2D eigenvalue weighted by Crippen LogP contribution is 2.71. The lowest BCUT2D eigenvalue weighted by atomic mass is 9.42. The number of Topliss-reactive ketones (excluding diaryl/α,β-unsaturated/α-hetero) is 1. The van der Waals surface area contributed by atoms with Crippen molar-refractivity contribution in [3.63, 3.8) is 0 Å². The highest BCUT2D eigenvalue weighted by atomic mass is 16.8. The standard InChI is InChI=1S/C45H72O18/c1-18-7-12-45(56-17-18)19(2)29-26(63-45)14-25-23-13-28(47)44(55)15-22(8-11-43(44,6)24(23)9-10-42(25,29)5)59-41-38(62-40-35(53)33(51)31(49)21(4)58-40)36(54)37(27(16-46)60-41)61-39-34(52)32(50)30(48)20(3)57-39/h18-27,29-41,46,48-55H,7-17H2,1-6H3/t18-,19+,20+,21+,22+,23-,24+,25+,26+,27-,29+,30+,31+,32-,33-,34-,35-,36+,37-,38-,39+,40+,41-,42+,43-,44+,45-/m1/s1. The molecule has 0 amide bonds. The molecule has 9 rings (SSSR count). The lowest BCUT2D eigenvalue weighted by molar-refractivity contribution is -0.390. The van der Waals surface area contributed by atoms with Gasteiger partial charge in [-0.25, -0.2) is 0 Å². The van der Waals surface area contributed by atoms with E-state index < -0.39 is 122 Å². The van der Waals surface area contributed by atoms with Crippen LogP contribution in [0.1, 0.15) is 99.3 Å². The van der Waals surface area contributed by atoms with Crippen molar-refractivity contribution in [3.8, 4) is 0 Å². The smallest absolute Gasteiger partial charge is 0.187 e. The predicted molar refractivity (Wildman–Crippen MR) is 215 cm³/mol. The van der Waals surface area contributed by atoms with Gasteiger partial charge in [0.2, 0.25) is 0 Å². The number of hydrogen-bond acceptors (Lipinski definition) is 18. The van der Waals surface area contributed by atoms with Gasteiger partial charge in [0, 0.05) is 30.6 Å². The molecule has 1 spiro atoms. The quantitative estimate of drug-likeness (QED) is 0.147. The van der Waals surface area contributed by atoms with Crippen LogP contribution in [-0.4, -0.2) is 181 Å². The van der Waals surface area contributed by atoms with Gasteiger partial charge in [-0.15, -0.1) is 0 Å². The average Bonchev–Trinajstić information content (AvgIpc) is 3.70. The first-order chi connectivity index (χ1) is 29.7. The SMILES string of the molecule is C[C@@H]1CC[C@@]2(OC1)O[C@H]1C[C@H]3[C@@H]4CC(=O)[C@@]5(O)C[C@@H](O[C@@H]6O[C@H](CO)[C@@H](O[C@@H]7O[C@@H](C)[C@H](O)[C@@H](O)[C@H]7O)[C@H](O)[C@H]6O[C@@H]6O[C@@H](C)[C@H](O)[C@@H](O)[C@H]6O)CC[C@]5(C)[C@H]4CC[C@]3(C)[C@H]1[C@@H]2C. The van der Waals surface area contributed by atoms with Crippen LogP contribution in [0.25, 0.3) is 0 Å². The Morgan fingerprint density at radius 3 is 1.94 bits per heavy atom. The number of aliphatic hydroxyl groups excluding tert-OH is 8. The minimum atomic E-state index is -1.79. The molecule has 4 aliphatic carbocycles. The summed E-state index contributed by atoms with van der Waals surface area (Å²) >= 11 is 0. The Balaban J connectivity index is 0.931. The van der Waals surface area contributed by atoms with Crippen LogP contribution in [0.2, 0.25) is 0 Å². The number of ketones is 1. The number of ether oxygens (including phenoxy) is 8. The predicted octanol–water partition coefficient (Wildman–Crippen LogP) is -0.384. The first-order valence-electron chi connectivity index (χ1n) is 23.6. The molecule has 0 aromatic rings. The van der Waals surface area contributed by atoms with Gasteiger partial charge in [-0.05, 0) is 87.4 Å². The van der Waals surface area contributed by atoms with E-state index in [1.165, 1.54) is 13.8 Å². The van der Waals surface area contributed by atoms with Crippen molar-refractivity contribution < 1.29 is 88.6 Å². The van der Waals surface area contributed by atoms with Crippen molar-refractivity contribution in [1.29, 1.82) is 0 Å².